The molecule has 0 radical (unpaired) electrons. The van der Waals surface area contributed by atoms with Gasteiger partial charge < -0.3 is 21.4 Å². The van der Waals surface area contributed by atoms with Crippen LogP contribution < -0.4 is 11.6 Å². The number of nitrogens with zero attached hydrogens (tertiary/aromatic N) is 1. The number of hydroxylamine groups is 1. The van der Waals surface area contributed by atoms with Crippen LogP contribution in [0.2, 0.25) is 0 Å². The normalized spacial score (nSPS) is 11.6. The van der Waals surface area contributed by atoms with Gasteiger partial charge in [0, 0.05) is 0 Å². The number of amides is 2. The second-order valence-electron chi connectivity index (χ2n) is 2.95. The number of nitrogens with one attached hydrogen (secondary N) is 1. The van der Waals surface area contributed by atoms with Crippen LogP contribution >= 0.6 is 0 Å². The number of hydrogen-bond donors (Lipinski definition) is 5. The van der Waals surface area contributed by atoms with Gasteiger partial charge in [-0.2, -0.15) is 0 Å². The SMILES string of the molecule is N=C(CC(=O)O)C(CC(=O)O)ON(N)C(N)=O. The van der Waals surface area contributed by atoms with E-state index in [1.165, 1.54) is 0 Å². The zero-order valence-corrected chi connectivity index (χ0v) is 8.62. The van der Waals surface area contributed by atoms with Gasteiger partial charge in [0.15, 0.2) is 0 Å². The van der Waals surface area contributed by atoms with Crippen LogP contribution in [0.3, 0.4) is 0 Å². The van der Waals surface area contributed by atoms with E-state index in [1.807, 2.05) is 0 Å². The summed E-state index contributed by atoms with van der Waals surface area (Å²) in [6.07, 6.45) is -2.92. The first-order valence-corrected chi connectivity index (χ1v) is 4.26. The number of hydrogen-bond acceptors (Lipinski definition) is 6. The largest absolute Gasteiger partial charge is 0.481 e. The Morgan fingerprint density at radius 1 is 1.29 bits per heavy atom. The van der Waals surface area contributed by atoms with Gasteiger partial charge in [0.25, 0.3) is 0 Å². The van der Waals surface area contributed by atoms with E-state index in [1.54, 1.807) is 0 Å². The van der Waals surface area contributed by atoms with Gasteiger partial charge in [-0.15, -0.1) is 5.17 Å². The third-order valence-electron chi connectivity index (χ3n) is 1.55. The molecule has 10 heteroatoms. The number of hydrazine groups is 1. The summed E-state index contributed by atoms with van der Waals surface area (Å²) in [4.78, 5) is 35.9. The Bertz CT molecular complexity index is 343. The summed E-state index contributed by atoms with van der Waals surface area (Å²) in [5, 5.41) is 24.3. The van der Waals surface area contributed by atoms with Crippen molar-refractivity contribution in [1.29, 1.82) is 5.41 Å². The highest BCUT2D eigenvalue weighted by Crippen LogP contribution is 2.05. The Balaban J connectivity index is 4.63. The van der Waals surface area contributed by atoms with E-state index in [0.717, 1.165) is 0 Å². The van der Waals surface area contributed by atoms with Crippen molar-refractivity contribution in [3.8, 4) is 0 Å². The Hall–Kier alpha value is -2.20. The maximum absolute atomic E-state index is 10.5. The number of carboxylic acid groups (broad SMARTS) is 2. The molecule has 0 saturated carbocycles. The molecule has 1 atom stereocenters. The summed E-state index contributed by atoms with van der Waals surface area (Å²) in [7, 11) is 0. The summed E-state index contributed by atoms with van der Waals surface area (Å²) in [5.41, 5.74) is 4.17. The van der Waals surface area contributed by atoms with Crippen molar-refractivity contribution < 1.29 is 29.4 Å². The van der Waals surface area contributed by atoms with Gasteiger partial charge in [0.2, 0.25) is 0 Å². The first kappa shape index (κ1) is 14.8. The standard InChI is InChI=1S/C7H12N4O6/c8-3(1-5(12)13)4(2-6(14)15)17-11(10)7(9)16/h4,8H,1-2,10H2,(H2,9,16)(H,12,13)(H,14,15). The molecule has 0 aliphatic carbocycles. The summed E-state index contributed by atoms with van der Waals surface area (Å²) in [6.45, 7) is 0. The molecule has 0 saturated heterocycles. The van der Waals surface area contributed by atoms with Crippen LogP contribution in [0.4, 0.5) is 4.79 Å². The Kier molecular flexibility index (Phi) is 5.57. The van der Waals surface area contributed by atoms with Gasteiger partial charge in [0.05, 0.1) is 18.6 Å². The van der Waals surface area contributed by atoms with Crippen molar-refractivity contribution in [3.05, 3.63) is 0 Å². The van der Waals surface area contributed by atoms with E-state index in [4.69, 9.17) is 27.2 Å². The average Bonchev–Trinajstić information content (AvgIpc) is 2.14. The van der Waals surface area contributed by atoms with E-state index in [-0.39, 0.29) is 5.17 Å². The predicted molar refractivity (Wildman–Crippen MR) is 52.7 cm³/mol. The molecule has 0 aromatic rings. The lowest BCUT2D eigenvalue weighted by Crippen LogP contribution is -2.46. The molecule has 0 aliphatic heterocycles. The van der Waals surface area contributed by atoms with E-state index < -0.39 is 42.6 Å². The molecule has 7 N–H and O–H groups in total. The number of primary amides is 1. The highest BCUT2D eigenvalue weighted by Gasteiger charge is 2.24. The molecule has 0 rings (SSSR count). The van der Waals surface area contributed by atoms with Gasteiger partial charge in [-0.3, -0.25) is 9.59 Å². The number of carbonyl (C=O) groups is 3. The fraction of sp³-hybridized carbons (Fsp3) is 0.429. The zero-order valence-electron chi connectivity index (χ0n) is 8.62. The molecule has 0 heterocycles. The number of urea groups is 1. The fourth-order valence-corrected chi connectivity index (χ4v) is 0.848. The third-order valence-corrected chi connectivity index (χ3v) is 1.55. The van der Waals surface area contributed by atoms with Crippen LogP contribution in [0, 0.1) is 5.41 Å². The maximum atomic E-state index is 10.5. The van der Waals surface area contributed by atoms with Crippen molar-refractivity contribution in [2.75, 3.05) is 0 Å². The minimum Gasteiger partial charge on any atom is -0.481 e. The average molecular weight is 248 g/mol. The molecular weight excluding hydrogens is 236 g/mol. The molecule has 0 spiro atoms. The lowest BCUT2D eigenvalue weighted by atomic mass is 10.1. The van der Waals surface area contributed by atoms with Crippen LogP contribution in [-0.4, -0.2) is 45.2 Å². The van der Waals surface area contributed by atoms with E-state index in [0.29, 0.717) is 0 Å². The van der Waals surface area contributed by atoms with Crippen molar-refractivity contribution in [2.24, 2.45) is 11.6 Å². The van der Waals surface area contributed by atoms with Crippen LogP contribution in [0.5, 0.6) is 0 Å². The van der Waals surface area contributed by atoms with Crippen molar-refractivity contribution in [1.82, 2.24) is 5.17 Å². The first-order chi connectivity index (χ1) is 7.73. The van der Waals surface area contributed by atoms with Gasteiger partial charge in [0.1, 0.15) is 6.10 Å². The minimum absolute atomic E-state index is 0.0456. The summed E-state index contributed by atoms with van der Waals surface area (Å²) < 4.78 is 0. The van der Waals surface area contributed by atoms with E-state index in [2.05, 4.69) is 4.84 Å². The molecule has 17 heavy (non-hydrogen) atoms. The molecule has 1 unspecified atom stereocenters. The first-order valence-electron chi connectivity index (χ1n) is 4.26. The van der Waals surface area contributed by atoms with Crippen LogP contribution in [0.1, 0.15) is 12.8 Å². The highest BCUT2D eigenvalue weighted by molar-refractivity contribution is 6.00. The van der Waals surface area contributed by atoms with Crippen molar-refractivity contribution in [3.63, 3.8) is 0 Å². The number of rotatable bonds is 7. The number of carboxylic acids is 2. The van der Waals surface area contributed by atoms with Crippen molar-refractivity contribution in [2.45, 2.75) is 18.9 Å². The quantitative estimate of drug-likeness (QED) is 0.157. The second-order valence-corrected chi connectivity index (χ2v) is 2.95. The fourth-order valence-electron chi connectivity index (χ4n) is 0.848. The van der Waals surface area contributed by atoms with E-state index in [9.17, 15) is 14.4 Å². The Morgan fingerprint density at radius 3 is 2.18 bits per heavy atom. The lowest BCUT2D eigenvalue weighted by molar-refractivity contribution is -0.158. The van der Waals surface area contributed by atoms with Crippen LogP contribution in [-0.2, 0) is 14.4 Å². The monoisotopic (exact) mass is 248 g/mol. The summed E-state index contributed by atoms with van der Waals surface area (Å²) in [5.74, 6) is 2.28. The van der Waals surface area contributed by atoms with Crippen LogP contribution in [0.15, 0.2) is 0 Å². The highest BCUT2D eigenvalue weighted by atomic mass is 16.7. The van der Waals surface area contributed by atoms with Gasteiger partial charge in [-0.05, 0) is 0 Å². The third kappa shape index (κ3) is 6.06. The summed E-state index contributed by atoms with van der Waals surface area (Å²) >= 11 is 0. The van der Waals surface area contributed by atoms with Gasteiger partial charge >= 0.3 is 18.0 Å². The maximum Gasteiger partial charge on any atom is 0.353 e. The Labute approximate surface area is 95.2 Å². The summed E-state index contributed by atoms with van der Waals surface area (Å²) in [6, 6.07) is -1.21. The molecule has 2 amide bonds. The smallest absolute Gasteiger partial charge is 0.353 e. The van der Waals surface area contributed by atoms with Gasteiger partial charge in [-0.25, -0.2) is 15.5 Å². The number of nitrogens with two attached hydrogens (primary N) is 2. The second kappa shape index (κ2) is 6.40. The van der Waals surface area contributed by atoms with Crippen molar-refractivity contribution >= 4 is 23.7 Å². The molecule has 10 nitrogen and oxygen atoms in total. The number of aliphatic carboxylic acids is 2. The topological polar surface area (TPSA) is 180 Å². The number of carbonyl (C=O) groups excluding carboxylic acids is 1. The molecule has 0 bridgehead atoms. The lowest BCUT2D eigenvalue weighted by Gasteiger charge is -2.20. The molecule has 96 valence electrons. The van der Waals surface area contributed by atoms with E-state index >= 15 is 0 Å². The Morgan fingerprint density at radius 2 is 1.82 bits per heavy atom. The predicted octanol–water partition coefficient (Wildman–Crippen LogP) is -1.49. The van der Waals surface area contributed by atoms with Crippen LogP contribution in [0.25, 0.3) is 0 Å². The zero-order chi connectivity index (χ0) is 13.6. The molecular formula is C7H12N4O6. The molecule has 0 aromatic heterocycles. The molecule has 0 aliphatic rings. The molecule has 0 fully saturated rings. The van der Waals surface area contributed by atoms with Gasteiger partial charge in [-0.1, -0.05) is 0 Å². The minimum atomic E-state index is -1.47. The molecule has 0 aromatic carbocycles.